The maximum atomic E-state index is 12.8. The lowest BCUT2D eigenvalue weighted by atomic mass is 9.78. The molecule has 2 heterocycles. The van der Waals surface area contributed by atoms with Crippen LogP contribution >= 0.6 is 11.6 Å². The van der Waals surface area contributed by atoms with Crippen molar-refractivity contribution in [1.29, 1.82) is 0 Å². The maximum Gasteiger partial charge on any atom is 0.225 e. The maximum absolute atomic E-state index is 12.8. The molecule has 0 saturated heterocycles. The Morgan fingerprint density at radius 2 is 1.77 bits per heavy atom. The summed E-state index contributed by atoms with van der Waals surface area (Å²) in [6.07, 6.45) is 2.00. The third-order valence-electron chi connectivity index (χ3n) is 6.34. The van der Waals surface area contributed by atoms with E-state index in [0.717, 1.165) is 51.7 Å². The number of Topliss-reactive ketones (excluding diaryl/α,β-unsaturated/α-hetero) is 1. The number of nitrogens with zero attached hydrogens (tertiary/aromatic N) is 1. The van der Waals surface area contributed by atoms with Gasteiger partial charge in [0.15, 0.2) is 5.78 Å². The predicted octanol–water partition coefficient (Wildman–Crippen LogP) is 6.28. The molecule has 0 bridgehead atoms. The van der Waals surface area contributed by atoms with E-state index in [1.807, 2.05) is 48.5 Å². The van der Waals surface area contributed by atoms with E-state index in [1.165, 1.54) is 0 Å². The van der Waals surface area contributed by atoms with E-state index in [1.54, 1.807) is 0 Å². The minimum absolute atomic E-state index is 0.0516. The summed E-state index contributed by atoms with van der Waals surface area (Å²) in [5.74, 6) is 0.977. The summed E-state index contributed by atoms with van der Waals surface area (Å²) in [6, 6.07) is 20.0. The highest BCUT2D eigenvalue weighted by Crippen LogP contribution is 2.53. The van der Waals surface area contributed by atoms with Gasteiger partial charge in [-0.2, -0.15) is 0 Å². The first kappa shape index (κ1) is 18.4. The van der Waals surface area contributed by atoms with Gasteiger partial charge in [0.2, 0.25) is 5.88 Å². The molecule has 4 nitrogen and oxygen atoms in total. The van der Waals surface area contributed by atoms with Gasteiger partial charge in [-0.25, -0.2) is 4.98 Å². The van der Waals surface area contributed by atoms with Crippen LogP contribution in [0.25, 0.3) is 10.8 Å². The van der Waals surface area contributed by atoms with E-state index in [4.69, 9.17) is 27.1 Å². The van der Waals surface area contributed by atoms with Crippen molar-refractivity contribution in [1.82, 2.24) is 4.98 Å². The molecule has 1 aliphatic heterocycles. The Hall–Kier alpha value is -3.37. The van der Waals surface area contributed by atoms with Crippen LogP contribution in [0.4, 0.5) is 5.69 Å². The second-order valence-electron chi connectivity index (χ2n) is 8.10. The fraction of sp³-hybridized carbons (Fsp3) is 0.154. The largest absolute Gasteiger partial charge is 0.438 e. The number of aromatic nitrogens is 1. The molecular weight excluding hydrogens is 408 g/mol. The molecule has 1 aliphatic carbocycles. The molecule has 1 atom stereocenters. The molecule has 4 aromatic rings. The molecule has 1 aromatic heterocycles. The van der Waals surface area contributed by atoms with Crippen LogP contribution in [0.3, 0.4) is 0 Å². The van der Waals surface area contributed by atoms with Gasteiger partial charge in [-0.3, -0.25) is 4.79 Å². The Kier molecular flexibility index (Phi) is 4.05. The number of hydrogen-bond donors (Lipinski definition) is 1. The Morgan fingerprint density at radius 1 is 0.968 bits per heavy atom. The van der Waals surface area contributed by atoms with Crippen LogP contribution in [0.2, 0.25) is 5.02 Å². The van der Waals surface area contributed by atoms with E-state index >= 15 is 0 Å². The fourth-order valence-corrected chi connectivity index (χ4v) is 5.21. The minimum Gasteiger partial charge on any atom is -0.438 e. The first-order chi connectivity index (χ1) is 15.1. The fourth-order valence-electron chi connectivity index (χ4n) is 4.97. The standard InChI is InChI=1S/C26H19ClN2O2/c27-17-9-4-3-8-16(17)22-21-15-7-2-1-6-14(15)12-13-20(21)31-26-24(22)25(28)23-18(29-26)10-5-11-19(23)30/h1-4,6-9,12-13,22H,5,10-11H2,(H2,28,29). The highest BCUT2D eigenvalue weighted by molar-refractivity contribution is 6.31. The van der Waals surface area contributed by atoms with Crippen molar-refractivity contribution in [3.05, 3.63) is 93.6 Å². The molecule has 0 fully saturated rings. The molecule has 152 valence electrons. The monoisotopic (exact) mass is 426 g/mol. The van der Waals surface area contributed by atoms with Gasteiger partial charge in [-0.05, 0) is 41.3 Å². The second-order valence-corrected chi connectivity index (χ2v) is 8.51. The van der Waals surface area contributed by atoms with Crippen LogP contribution in [0.1, 0.15) is 51.5 Å². The van der Waals surface area contributed by atoms with Crippen molar-refractivity contribution in [2.75, 3.05) is 5.73 Å². The average molecular weight is 427 g/mol. The molecule has 3 aromatic carbocycles. The van der Waals surface area contributed by atoms with E-state index in [-0.39, 0.29) is 11.7 Å². The van der Waals surface area contributed by atoms with Gasteiger partial charge in [-0.1, -0.05) is 60.1 Å². The molecule has 5 heteroatoms. The van der Waals surface area contributed by atoms with Crippen LogP contribution in [0.5, 0.6) is 11.6 Å². The molecule has 2 N–H and O–H groups in total. The molecule has 31 heavy (non-hydrogen) atoms. The van der Waals surface area contributed by atoms with Gasteiger partial charge in [0.25, 0.3) is 0 Å². The normalized spacial score (nSPS) is 16.9. The summed E-state index contributed by atoms with van der Waals surface area (Å²) < 4.78 is 6.31. The number of carbonyl (C=O) groups excluding carboxylic acids is 1. The van der Waals surface area contributed by atoms with Crippen molar-refractivity contribution in [2.24, 2.45) is 0 Å². The molecular formula is C26H19ClN2O2. The summed E-state index contributed by atoms with van der Waals surface area (Å²) in [6.45, 7) is 0. The number of ketones is 1. The van der Waals surface area contributed by atoms with Gasteiger partial charge in [0.1, 0.15) is 5.75 Å². The number of anilines is 1. The number of carbonyl (C=O) groups is 1. The van der Waals surface area contributed by atoms with Crippen molar-refractivity contribution in [2.45, 2.75) is 25.2 Å². The molecule has 6 rings (SSSR count). The first-order valence-electron chi connectivity index (χ1n) is 10.4. The number of benzene rings is 3. The summed E-state index contributed by atoms with van der Waals surface area (Å²) in [4.78, 5) is 17.6. The number of ether oxygens (including phenoxy) is 1. The number of aryl methyl sites for hydroxylation is 1. The lowest BCUT2D eigenvalue weighted by molar-refractivity contribution is 0.0972. The van der Waals surface area contributed by atoms with Gasteiger partial charge in [0, 0.05) is 22.9 Å². The molecule has 0 radical (unpaired) electrons. The number of nitrogen functional groups attached to an aromatic ring is 1. The summed E-state index contributed by atoms with van der Waals surface area (Å²) in [5, 5.41) is 2.81. The van der Waals surface area contributed by atoms with E-state index < -0.39 is 0 Å². The summed E-state index contributed by atoms with van der Waals surface area (Å²) >= 11 is 6.70. The molecule has 0 saturated carbocycles. The summed E-state index contributed by atoms with van der Waals surface area (Å²) in [5.41, 5.74) is 11.1. The van der Waals surface area contributed by atoms with Crippen molar-refractivity contribution in [3.63, 3.8) is 0 Å². The Labute approximate surface area is 184 Å². The molecule has 1 unspecified atom stereocenters. The quantitative estimate of drug-likeness (QED) is 0.343. The predicted molar refractivity (Wildman–Crippen MR) is 122 cm³/mol. The van der Waals surface area contributed by atoms with Gasteiger partial charge in [-0.15, -0.1) is 0 Å². The zero-order valence-corrected chi connectivity index (χ0v) is 17.4. The van der Waals surface area contributed by atoms with Gasteiger partial charge >= 0.3 is 0 Å². The number of hydrogen-bond acceptors (Lipinski definition) is 4. The molecule has 0 spiro atoms. The number of halogens is 1. The number of rotatable bonds is 1. The van der Waals surface area contributed by atoms with E-state index in [9.17, 15) is 4.79 Å². The lowest BCUT2D eigenvalue weighted by Crippen LogP contribution is -2.22. The van der Waals surface area contributed by atoms with Crippen LogP contribution in [0, 0.1) is 0 Å². The van der Waals surface area contributed by atoms with Gasteiger partial charge < -0.3 is 10.5 Å². The van der Waals surface area contributed by atoms with Crippen LogP contribution in [-0.4, -0.2) is 10.8 Å². The molecule has 2 aliphatic rings. The smallest absolute Gasteiger partial charge is 0.225 e. The highest BCUT2D eigenvalue weighted by Gasteiger charge is 2.37. The molecule has 0 amide bonds. The Balaban J connectivity index is 1.73. The van der Waals surface area contributed by atoms with Crippen LogP contribution < -0.4 is 10.5 Å². The van der Waals surface area contributed by atoms with Crippen LogP contribution in [0.15, 0.2) is 60.7 Å². The second kappa shape index (κ2) is 6.82. The third kappa shape index (κ3) is 2.68. The average Bonchev–Trinajstić information content (AvgIpc) is 2.78. The van der Waals surface area contributed by atoms with Crippen LogP contribution in [-0.2, 0) is 6.42 Å². The SMILES string of the molecule is Nc1c2c(nc3c1C(c1ccccc1Cl)c1c(ccc4ccccc14)O3)CCCC2=O. The Bertz CT molecular complexity index is 1400. The van der Waals surface area contributed by atoms with E-state index in [2.05, 4.69) is 12.1 Å². The summed E-state index contributed by atoms with van der Waals surface area (Å²) in [7, 11) is 0. The van der Waals surface area contributed by atoms with Crippen molar-refractivity contribution < 1.29 is 9.53 Å². The number of pyridine rings is 1. The number of nitrogens with two attached hydrogens (primary N) is 1. The van der Waals surface area contributed by atoms with Crippen molar-refractivity contribution >= 4 is 33.8 Å². The zero-order chi connectivity index (χ0) is 21.1. The topological polar surface area (TPSA) is 65.2 Å². The third-order valence-corrected chi connectivity index (χ3v) is 6.69. The minimum atomic E-state index is -0.286. The Morgan fingerprint density at radius 3 is 2.65 bits per heavy atom. The van der Waals surface area contributed by atoms with Crippen molar-refractivity contribution in [3.8, 4) is 11.6 Å². The van der Waals surface area contributed by atoms with E-state index in [0.29, 0.717) is 28.6 Å². The first-order valence-corrected chi connectivity index (χ1v) is 10.8. The van der Waals surface area contributed by atoms with Gasteiger partial charge in [0.05, 0.1) is 22.5 Å². The number of fused-ring (bicyclic) bond motifs is 5. The highest BCUT2D eigenvalue weighted by atomic mass is 35.5. The lowest BCUT2D eigenvalue weighted by Gasteiger charge is -2.32. The zero-order valence-electron chi connectivity index (χ0n) is 16.7.